The highest BCUT2D eigenvalue weighted by Gasteiger charge is 2.17. The molecule has 0 aliphatic carbocycles. The Kier molecular flexibility index (Phi) is 10.4. The van der Waals surface area contributed by atoms with Gasteiger partial charge >= 0.3 is 5.97 Å². The van der Waals surface area contributed by atoms with Gasteiger partial charge in [0.1, 0.15) is 0 Å². The number of benzene rings is 1. The highest BCUT2D eigenvalue weighted by molar-refractivity contribution is 5.70. The number of carbonyl (C=O) groups is 1. The Balaban J connectivity index is 2.09. The van der Waals surface area contributed by atoms with Crippen molar-refractivity contribution in [3.05, 3.63) is 46.3 Å². The summed E-state index contributed by atoms with van der Waals surface area (Å²) in [5.74, 6) is -0.965. The molecular weight excluding hydrogens is 290 g/mol. The summed E-state index contributed by atoms with van der Waals surface area (Å²) >= 11 is 0. The lowest BCUT2D eigenvalue weighted by Crippen LogP contribution is -2.16. The van der Waals surface area contributed by atoms with Gasteiger partial charge in [0.2, 0.25) is 0 Å². The second-order valence-corrected chi connectivity index (χ2v) is 5.94. The molecule has 1 N–H and O–H groups in total. The minimum absolute atomic E-state index is 0.277. The van der Waals surface area contributed by atoms with Gasteiger partial charge in [-0.2, -0.15) is 0 Å². The number of unbranched alkanes of at least 4 members (excludes halogenated alkanes) is 6. The molecule has 0 unspecified atom stereocenters. The van der Waals surface area contributed by atoms with Crippen molar-refractivity contribution < 1.29 is 9.90 Å². The molecular formula is C18H27N3O2. The molecule has 0 radical (unpaired) electrons. The average molecular weight is 317 g/mol. The van der Waals surface area contributed by atoms with Crippen LogP contribution < -0.4 is 0 Å². The maximum Gasteiger partial charge on any atom is 0.306 e. The summed E-state index contributed by atoms with van der Waals surface area (Å²) in [4.78, 5) is 14.1. The molecule has 5 nitrogen and oxygen atoms in total. The number of hydrogen-bond acceptors (Lipinski definition) is 2. The van der Waals surface area contributed by atoms with Crippen molar-refractivity contribution >= 4 is 5.97 Å². The number of carboxylic acid groups (broad SMARTS) is 1. The molecule has 126 valence electrons. The molecule has 23 heavy (non-hydrogen) atoms. The smallest absolute Gasteiger partial charge is 0.306 e. The van der Waals surface area contributed by atoms with Crippen LogP contribution in [0.4, 0.5) is 0 Å². The molecule has 0 aliphatic rings. The van der Waals surface area contributed by atoms with E-state index in [0.717, 1.165) is 50.5 Å². The summed E-state index contributed by atoms with van der Waals surface area (Å²) in [6.07, 6.45) is 8.99. The molecule has 0 bridgehead atoms. The summed E-state index contributed by atoms with van der Waals surface area (Å²) in [7, 11) is 0. The van der Waals surface area contributed by atoms with E-state index in [1.165, 1.54) is 6.42 Å². The quantitative estimate of drug-likeness (QED) is 0.230. The molecule has 0 heterocycles. The van der Waals surface area contributed by atoms with E-state index in [4.69, 9.17) is 5.53 Å². The van der Waals surface area contributed by atoms with Crippen LogP contribution in [0.25, 0.3) is 10.4 Å². The van der Waals surface area contributed by atoms with Gasteiger partial charge in [-0.25, -0.2) is 0 Å². The normalized spacial score (nSPS) is 11.7. The van der Waals surface area contributed by atoms with Gasteiger partial charge in [-0.1, -0.05) is 74.0 Å². The van der Waals surface area contributed by atoms with Crippen LogP contribution in [-0.4, -0.2) is 17.6 Å². The van der Waals surface area contributed by atoms with Crippen LogP contribution in [0.3, 0.4) is 0 Å². The minimum Gasteiger partial charge on any atom is -0.481 e. The van der Waals surface area contributed by atoms with Crippen molar-refractivity contribution in [2.24, 2.45) is 11.0 Å². The van der Waals surface area contributed by atoms with Crippen molar-refractivity contribution in [2.75, 3.05) is 6.54 Å². The summed E-state index contributed by atoms with van der Waals surface area (Å²) in [6.45, 7) is 0.594. The maximum absolute atomic E-state index is 11.4. The van der Waals surface area contributed by atoms with E-state index in [1.807, 2.05) is 30.3 Å². The van der Waals surface area contributed by atoms with Crippen LogP contribution in [-0.2, 0) is 11.2 Å². The van der Waals surface area contributed by atoms with E-state index in [0.29, 0.717) is 13.0 Å². The fourth-order valence-corrected chi connectivity index (χ4v) is 2.71. The first-order valence-corrected chi connectivity index (χ1v) is 8.51. The zero-order valence-corrected chi connectivity index (χ0v) is 13.7. The highest BCUT2D eigenvalue weighted by Crippen LogP contribution is 2.17. The first kappa shape index (κ1) is 19.0. The van der Waals surface area contributed by atoms with Crippen LogP contribution in [0.5, 0.6) is 0 Å². The van der Waals surface area contributed by atoms with E-state index in [2.05, 4.69) is 10.0 Å². The number of hydrogen-bond donors (Lipinski definition) is 1. The van der Waals surface area contributed by atoms with E-state index < -0.39 is 5.97 Å². The van der Waals surface area contributed by atoms with Crippen LogP contribution in [0.15, 0.2) is 35.4 Å². The molecule has 1 aromatic carbocycles. The molecule has 0 aliphatic heterocycles. The maximum atomic E-state index is 11.4. The number of carboxylic acids is 1. The first-order chi connectivity index (χ1) is 11.2. The number of rotatable bonds is 13. The van der Waals surface area contributed by atoms with E-state index in [1.54, 1.807) is 0 Å². The van der Waals surface area contributed by atoms with Gasteiger partial charge in [-0.15, -0.1) is 0 Å². The largest absolute Gasteiger partial charge is 0.481 e. The van der Waals surface area contributed by atoms with Crippen LogP contribution in [0, 0.1) is 5.92 Å². The number of azide groups is 1. The average Bonchev–Trinajstić information content (AvgIpc) is 2.56. The molecule has 0 aromatic heterocycles. The Bertz CT molecular complexity index is 484. The van der Waals surface area contributed by atoms with E-state index >= 15 is 0 Å². The fraction of sp³-hybridized carbons (Fsp3) is 0.611. The lowest BCUT2D eigenvalue weighted by Gasteiger charge is -2.12. The van der Waals surface area contributed by atoms with Gasteiger partial charge < -0.3 is 5.11 Å². The van der Waals surface area contributed by atoms with Gasteiger partial charge in [-0.3, -0.25) is 4.79 Å². The van der Waals surface area contributed by atoms with Crippen LogP contribution in [0.1, 0.15) is 56.9 Å². The molecule has 0 amide bonds. The molecule has 0 saturated carbocycles. The van der Waals surface area contributed by atoms with Gasteiger partial charge in [0, 0.05) is 11.5 Å². The van der Waals surface area contributed by atoms with Crippen LogP contribution >= 0.6 is 0 Å². The Morgan fingerprint density at radius 2 is 1.65 bits per heavy atom. The van der Waals surface area contributed by atoms with E-state index in [-0.39, 0.29) is 5.92 Å². The fourth-order valence-electron chi connectivity index (χ4n) is 2.71. The third-order valence-electron chi connectivity index (χ3n) is 4.05. The molecule has 1 aromatic rings. The van der Waals surface area contributed by atoms with Crippen LogP contribution in [0.2, 0.25) is 0 Å². The third kappa shape index (κ3) is 9.59. The number of aliphatic carboxylic acids is 1. The monoisotopic (exact) mass is 317 g/mol. The third-order valence-corrected chi connectivity index (χ3v) is 4.05. The Hall–Kier alpha value is -2.00. The molecule has 1 atom stereocenters. The topological polar surface area (TPSA) is 86.1 Å². The zero-order valence-electron chi connectivity index (χ0n) is 13.7. The molecule has 0 saturated heterocycles. The minimum atomic E-state index is -0.688. The second-order valence-electron chi connectivity index (χ2n) is 5.94. The van der Waals surface area contributed by atoms with Crippen molar-refractivity contribution in [2.45, 2.75) is 57.8 Å². The SMILES string of the molecule is [N-]=[N+]=NCCCCCCCCC[C@@H](Cc1ccccc1)C(=O)O. The van der Waals surface area contributed by atoms with Crippen molar-refractivity contribution in [1.82, 2.24) is 0 Å². The molecule has 1 rings (SSSR count). The highest BCUT2D eigenvalue weighted by atomic mass is 16.4. The Morgan fingerprint density at radius 1 is 1.04 bits per heavy atom. The summed E-state index contributed by atoms with van der Waals surface area (Å²) in [5, 5.41) is 12.9. The molecule has 0 fully saturated rings. The standard InChI is InChI=1S/C18H27N3O2/c19-21-20-14-10-5-3-1-2-4-9-13-17(18(22)23)15-16-11-7-6-8-12-16/h6-8,11-12,17H,1-5,9-10,13-15H2,(H,22,23)/t17-/m0/s1. The first-order valence-electron chi connectivity index (χ1n) is 8.51. The summed E-state index contributed by atoms with van der Waals surface area (Å²) in [5.41, 5.74) is 9.26. The lowest BCUT2D eigenvalue weighted by atomic mass is 9.93. The molecule has 0 spiro atoms. The zero-order chi connectivity index (χ0) is 16.8. The van der Waals surface area contributed by atoms with Crippen molar-refractivity contribution in [3.63, 3.8) is 0 Å². The predicted molar refractivity (Wildman–Crippen MR) is 92.2 cm³/mol. The van der Waals surface area contributed by atoms with Crippen molar-refractivity contribution in [1.29, 1.82) is 0 Å². The lowest BCUT2D eigenvalue weighted by molar-refractivity contribution is -0.142. The van der Waals surface area contributed by atoms with Gasteiger partial charge in [0.05, 0.1) is 5.92 Å². The van der Waals surface area contributed by atoms with Crippen molar-refractivity contribution in [3.8, 4) is 0 Å². The Labute approximate surface area is 138 Å². The predicted octanol–water partition coefficient (Wildman–Crippen LogP) is 5.36. The van der Waals surface area contributed by atoms with E-state index in [9.17, 15) is 9.90 Å². The Morgan fingerprint density at radius 3 is 2.26 bits per heavy atom. The number of nitrogens with zero attached hydrogens (tertiary/aromatic N) is 3. The summed E-state index contributed by atoms with van der Waals surface area (Å²) < 4.78 is 0. The second kappa shape index (κ2) is 12.5. The molecule has 5 heteroatoms. The summed E-state index contributed by atoms with van der Waals surface area (Å²) in [6, 6.07) is 9.84. The van der Waals surface area contributed by atoms with Gasteiger partial charge in [0.15, 0.2) is 0 Å². The van der Waals surface area contributed by atoms with Gasteiger partial charge in [0.25, 0.3) is 0 Å². The van der Waals surface area contributed by atoms with Gasteiger partial charge in [-0.05, 0) is 30.4 Å².